The second-order valence-electron chi connectivity index (χ2n) is 7.73. The third kappa shape index (κ3) is 2.68. The van der Waals surface area contributed by atoms with Crippen molar-refractivity contribution in [3.8, 4) is 0 Å². The lowest BCUT2D eigenvalue weighted by atomic mass is 9.46. The maximum atomic E-state index is 11.9. The molecule has 2 rings (SSSR count). The first-order valence-corrected chi connectivity index (χ1v) is 8.46. The zero-order chi connectivity index (χ0) is 16.5. The second kappa shape index (κ2) is 6.06. The van der Waals surface area contributed by atoms with E-state index < -0.39 is 5.97 Å². The average molecular weight is 302 g/mol. The minimum absolute atomic E-state index is 0.161. The first-order chi connectivity index (χ1) is 10.3. The maximum Gasteiger partial charge on any atom is 0.307 e. The number of carboxylic acid groups (broad SMARTS) is 1. The van der Waals surface area contributed by atoms with Gasteiger partial charge in [0, 0.05) is 0 Å². The van der Waals surface area contributed by atoms with Crippen LogP contribution in [0.5, 0.6) is 0 Å². The van der Waals surface area contributed by atoms with Gasteiger partial charge in [0.25, 0.3) is 0 Å². The van der Waals surface area contributed by atoms with E-state index in [2.05, 4.69) is 40.0 Å². The summed E-state index contributed by atoms with van der Waals surface area (Å²) in [7, 11) is 0. The van der Waals surface area contributed by atoms with E-state index in [1.54, 1.807) is 6.08 Å². The van der Waals surface area contributed by atoms with E-state index in [0.29, 0.717) is 5.92 Å². The van der Waals surface area contributed by atoms with Crippen LogP contribution in [0, 0.1) is 22.7 Å². The van der Waals surface area contributed by atoms with Crippen LogP contribution in [-0.4, -0.2) is 11.1 Å². The van der Waals surface area contributed by atoms with Gasteiger partial charge < -0.3 is 5.11 Å². The molecule has 2 aliphatic rings. The minimum Gasteiger partial charge on any atom is -0.481 e. The molecule has 22 heavy (non-hydrogen) atoms. The summed E-state index contributed by atoms with van der Waals surface area (Å²) in [4.78, 5) is 11.9. The van der Waals surface area contributed by atoms with Crippen molar-refractivity contribution in [2.45, 2.75) is 59.3 Å². The Kier molecular flexibility index (Phi) is 4.70. The smallest absolute Gasteiger partial charge is 0.307 e. The van der Waals surface area contributed by atoms with Crippen LogP contribution < -0.4 is 0 Å². The van der Waals surface area contributed by atoms with Gasteiger partial charge in [-0.3, -0.25) is 4.79 Å². The Balaban J connectivity index is 2.37. The lowest BCUT2D eigenvalue weighted by Gasteiger charge is -2.57. The van der Waals surface area contributed by atoms with Crippen LogP contribution >= 0.6 is 0 Å². The molecule has 0 radical (unpaired) electrons. The molecule has 2 heteroatoms. The van der Waals surface area contributed by atoms with Crippen LogP contribution in [0.15, 0.2) is 36.5 Å². The Hall–Kier alpha value is -1.31. The summed E-state index contributed by atoms with van der Waals surface area (Å²) in [6, 6.07) is 0. The molecule has 4 unspecified atom stereocenters. The van der Waals surface area contributed by atoms with Crippen LogP contribution in [0.1, 0.15) is 59.3 Å². The van der Waals surface area contributed by atoms with Gasteiger partial charge in [-0.1, -0.05) is 50.3 Å². The molecule has 1 fully saturated rings. The van der Waals surface area contributed by atoms with Crippen LogP contribution in [-0.2, 0) is 4.79 Å². The minimum atomic E-state index is -0.624. The highest BCUT2D eigenvalue weighted by molar-refractivity contribution is 5.71. The molecule has 2 nitrogen and oxygen atoms in total. The van der Waals surface area contributed by atoms with Gasteiger partial charge in [-0.05, 0) is 62.2 Å². The summed E-state index contributed by atoms with van der Waals surface area (Å²) >= 11 is 0. The van der Waals surface area contributed by atoms with E-state index in [-0.39, 0.29) is 16.7 Å². The summed E-state index contributed by atoms with van der Waals surface area (Å²) in [5, 5.41) is 9.78. The summed E-state index contributed by atoms with van der Waals surface area (Å²) in [5.74, 6) is -0.424. The number of allylic oxidation sites excluding steroid dienone is 4. The van der Waals surface area contributed by atoms with Crippen LogP contribution in [0.2, 0.25) is 0 Å². The lowest BCUT2D eigenvalue weighted by molar-refractivity contribution is -0.156. The second-order valence-corrected chi connectivity index (χ2v) is 7.73. The van der Waals surface area contributed by atoms with Crippen molar-refractivity contribution in [1.29, 1.82) is 0 Å². The molecule has 0 heterocycles. The van der Waals surface area contributed by atoms with E-state index >= 15 is 0 Å². The summed E-state index contributed by atoms with van der Waals surface area (Å²) in [6.07, 6.45) is 9.86. The fourth-order valence-corrected chi connectivity index (χ4v) is 5.02. The molecule has 2 aliphatic carbocycles. The molecule has 4 atom stereocenters. The molecular weight excluding hydrogens is 272 g/mol. The molecule has 0 aromatic carbocycles. The molecule has 0 bridgehead atoms. The van der Waals surface area contributed by atoms with Gasteiger partial charge >= 0.3 is 5.97 Å². The molecular formula is C20H30O2. The van der Waals surface area contributed by atoms with Crippen molar-refractivity contribution < 1.29 is 9.90 Å². The first-order valence-electron chi connectivity index (χ1n) is 8.46. The highest BCUT2D eigenvalue weighted by Crippen LogP contribution is 2.62. The van der Waals surface area contributed by atoms with Crippen LogP contribution in [0.4, 0.5) is 0 Å². The van der Waals surface area contributed by atoms with Crippen molar-refractivity contribution in [3.05, 3.63) is 36.5 Å². The van der Waals surface area contributed by atoms with Crippen molar-refractivity contribution in [2.75, 3.05) is 0 Å². The SMILES string of the molecule is C=CC(=C)CCC1(C)C(C(=O)O)CCC2(C)C(C)=CCCC21. The number of hydrogen-bond donors (Lipinski definition) is 1. The fraction of sp³-hybridized carbons (Fsp3) is 0.650. The summed E-state index contributed by atoms with van der Waals surface area (Å²) in [5.41, 5.74) is 2.47. The molecule has 0 amide bonds. The number of fused-ring (bicyclic) bond motifs is 1. The topological polar surface area (TPSA) is 37.3 Å². The van der Waals surface area contributed by atoms with E-state index in [4.69, 9.17) is 0 Å². The Bertz CT molecular complexity index is 516. The van der Waals surface area contributed by atoms with Crippen molar-refractivity contribution in [2.24, 2.45) is 22.7 Å². The number of rotatable bonds is 5. The fourth-order valence-electron chi connectivity index (χ4n) is 5.02. The Labute approximate surface area is 135 Å². The van der Waals surface area contributed by atoms with Gasteiger partial charge in [-0.2, -0.15) is 0 Å². The van der Waals surface area contributed by atoms with E-state index in [1.807, 2.05) is 0 Å². The Morgan fingerprint density at radius 3 is 2.73 bits per heavy atom. The molecule has 122 valence electrons. The Morgan fingerprint density at radius 1 is 1.45 bits per heavy atom. The summed E-state index contributed by atoms with van der Waals surface area (Å²) < 4.78 is 0. The first kappa shape index (κ1) is 17.1. The van der Waals surface area contributed by atoms with Gasteiger partial charge in [-0.15, -0.1) is 0 Å². The molecule has 1 saturated carbocycles. The van der Waals surface area contributed by atoms with Gasteiger partial charge in [0.05, 0.1) is 5.92 Å². The van der Waals surface area contributed by atoms with E-state index in [9.17, 15) is 9.90 Å². The molecule has 0 aromatic heterocycles. The van der Waals surface area contributed by atoms with Gasteiger partial charge in [0.1, 0.15) is 0 Å². The molecule has 0 aromatic rings. The predicted octanol–water partition coefficient (Wildman–Crippen LogP) is 5.37. The monoisotopic (exact) mass is 302 g/mol. The number of carbonyl (C=O) groups is 1. The highest BCUT2D eigenvalue weighted by atomic mass is 16.4. The predicted molar refractivity (Wildman–Crippen MR) is 91.6 cm³/mol. The zero-order valence-corrected chi connectivity index (χ0v) is 14.3. The normalized spacial score (nSPS) is 37.9. The third-order valence-electron chi connectivity index (χ3n) is 6.69. The van der Waals surface area contributed by atoms with Gasteiger partial charge in [0.2, 0.25) is 0 Å². The molecule has 0 aliphatic heterocycles. The number of carboxylic acids is 1. The van der Waals surface area contributed by atoms with Crippen molar-refractivity contribution >= 4 is 5.97 Å². The van der Waals surface area contributed by atoms with Gasteiger partial charge in [-0.25, -0.2) is 0 Å². The highest BCUT2D eigenvalue weighted by Gasteiger charge is 2.56. The van der Waals surface area contributed by atoms with Crippen molar-refractivity contribution in [3.63, 3.8) is 0 Å². The number of hydrogen-bond acceptors (Lipinski definition) is 1. The summed E-state index contributed by atoms with van der Waals surface area (Å²) in [6.45, 7) is 14.6. The van der Waals surface area contributed by atoms with Crippen molar-refractivity contribution in [1.82, 2.24) is 0 Å². The van der Waals surface area contributed by atoms with E-state index in [0.717, 1.165) is 44.1 Å². The largest absolute Gasteiger partial charge is 0.481 e. The standard InChI is InChI=1S/C20H30O2/c1-6-14(2)10-12-20(5)16(18(21)22)11-13-19(4)15(3)8-7-9-17(19)20/h6,8,16-17H,1-2,7,9-13H2,3-5H3,(H,21,22). The molecule has 1 N–H and O–H groups in total. The third-order valence-corrected chi connectivity index (χ3v) is 6.69. The van der Waals surface area contributed by atoms with Crippen LogP contribution in [0.25, 0.3) is 0 Å². The zero-order valence-electron chi connectivity index (χ0n) is 14.3. The van der Waals surface area contributed by atoms with Crippen LogP contribution in [0.3, 0.4) is 0 Å². The lowest BCUT2D eigenvalue weighted by Crippen LogP contribution is -2.52. The average Bonchev–Trinajstić information content (AvgIpc) is 2.46. The Morgan fingerprint density at radius 2 is 2.14 bits per heavy atom. The number of aliphatic carboxylic acids is 1. The molecule has 0 spiro atoms. The van der Waals surface area contributed by atoms with E-state index in [1.165, 1.54) is 5.57 Å². The van der Waals surface area contributed by atoms with Gasteiger partial charge in [0.15, 0.2) is 0 Å². The quantitative estimate of drug-likeness (QED) is 0.547. The maximum absolute atomic E-state index is 11.9. The molecule has 0 saturated heterocycles.